The predicted molar refractivity (Wildman–Crippen MR) is 89.2 cm³/mol. The van der Waals surface area contributed by atoms with Gasteiger partial charge in [-0.2, -0.15) is 0 Å². The van der Waals surface area contributed by atoms with E-state index < -0.39 is 24.5 Å². The van der Waals surface area contributed by atoms with Crippen LogP contribution in [-0.2, 0) is 4.74 Å². The quantitative estimate of drug-likeness (QED) is 0.176. The second-order valence-corrected chi connectivity index (χ2v) is 5.64. The van der Waals surface area contributed by atoms with E-state index in [1.807, 2.05) is 0 Å². The molecular formula is C13H21N9O3. The summed E-state index contributed by atoms with van der Waals surface area (Å²) < 4.78 is 7.31. The van der Waals surface area contributed by atoms with E-state index in [-0.39, 0.29) is 11.8 Å². The zero-order valence-electron chi connectivity index (χ0n) is 13.4. The Kier molecular flexibility index (Phi) is 4.94. The Bertz CT molecular complexity index is 760. The number of nitrogens with zero attached hydrogens (tertiary/aromatic N) is 5. The van der Waals surface area contributed by atoms with Crippen molar-refractivity contribution >= 4 is 22.9 Å². The lowest BCUT2D eigenvalue weighted by Gasteiger charge is -2.16. The van der Waals surface area contributed by atoms with Crippen molar-refractivity contribution in [3.8, 4) is 0 Å². The van der Waals surface area contributed by atoms with E-state index in [2.05, 4.69) is 25.3 Å². The average molecular weight is 351 g/mol. The van der Waals surface area contributed by atoms with E-state index in [0.717, 1.165) is 0 Å². The Labute approximate surface area is 142 Å². The van der Waals surface area contributed by atoms with E-state index in [4.69, 9.17) is 21.9 Å². The number of nitrogens with one attached hydrogen (secondary N) is 1. The van der Waals surface area contributed by atoms with Crippen LogP contribution in [0.1, 0.15) is 6.23 Å². The number of aromatic nitrogens is 4. The fourth-order valence-corrected chi connectivity index (χ4v) is 2.69. The monoisotopic (exact) mass is 351 g/mol. The van der Waals surface area contributed by atoms with Crippen LogP contribution in [0.15, 0.2) is 17.6 Å². The summed E-state index contributed by atoms with van der Waals surface area (Å²) in [5.74, 6) is 0.248. The molecule has 12 heteroatoms. The Morgan fingerprint density at radius 3 is 2.84 bits per heavy atom. The lowest BCUT2D eigenvalue weighted by molar-refractivity contribution is -0.0340. The smallest absolute Gasteiger partial charge is 0.185 e. The van der Waals surface area contributed by atoms with Gasteiger partial charge >= 0.3 is 0 Å². The molecule has 0 saturated carbocycles. The Morgan fingerprint density at radius 1 is 1.28 bits per heavy atom. The average Bonchev–Trinajstić information content (AvgIpc) is 3.11. The minimum Gasteiger partial charge on any atom is -0.387 e. The first-order valence-corrected chi connectivity index (χ1v) is 7.69. The molecule has 1 aliphatic rings. The van der Waals surface area contributed by atoms with Crippen molar-refractivity contribution < 1.29 is 14.9 Å². The largest absolute Gasteiger partial charge is 0.387 e. The number of aliphatic hydroxyl groups excluding tert-OH is 2. The molecule has 25 heavy (non-hydrogen) atoms. The summed E-state index contributed by atoms with van der Waals surface area (Å²) in [7, 11) is 0. The molecule has 0 spiro atoms. The van der Waals surface area contributed by atoms with Crippen LogP contribution in [0.3, 0.4) is 0 Å². The number of imidazole rings is 1. The van der Waals surface area contributed by atoms with Crippen molar-refractivity contribution in [1.29, 1.82) is 0 Å². The van der Waals surface area contributed by atoms with Gasteiger partial charge in [0.1, 0.15) is 30.2 Å². The molecule has 0 unspecified atom stereocenters. The van der Waals surface area contributed by atoms with Crippen LogP contribution in [0.25, 0.3) is 11.2 Å². The molecule has 2 aromatic heterocycles. The van der Waals surface area contributed by atoms with Gasteiger partial charge < -0.3 is 37.5 Å². The molecule has 4 atom stereocenters. The zero-order chi connectivity index (χ0) is 18.0. The lowest BCUT2D eigenvalue weighted by atomic mass is 10.1. The van der Waals surface area contributed by atoms with Gasteiger partial charge in [-0.15, -0.1) is 0 Å². The number of aliphatic hydroxyl groups is 2. The minimum atomic E-state index is -1.14. The van der Waals surface area contributed by atoms with Gasteiger partial charge in [-0.1, -0.05) is 0 Å². The number of nitrogens with two attached hydrogens (primary N) is 3. The summed E-state index contributed by atoms with van der Waals surface area (Å²) in [5, 5.41) is 23.6. The molecule has 0 amide bonds. The molecule has 0 aromatic carbocycles. The van der Waals surface area contributed by atoms with Gasteiger partial charge in [0, 0.05) is 13.1 Å². The molecule has 3 heterocycles. The van der Waals surface area contributed by atoms with Gasteiger partial charge in [0.05, 0.1) is 12.9 Å². The topological polar surface area (TPSA) is 196 Å². The molecule has 12 nitrogen and oxygen atoms in total. The highest BCUT2D eigenvalue weighted by Crippen LogP contribution is 2.31. The third kappa shape index (κ3) is 3.46. The summed E-state index contributed by atoms with van der Waals surface area (Å²) in [6, 6.07) is 0. The van der Waals surface area contributed by atoms with Crippen LogP contribution in [-0.4, -0.2) is 73.6 Å². The van der Waals surface area contributed by atoms with Gasteiger partial charge in [0.2, 0.25) is 0 Å². The summed E-state index contributed by atoms with van der Waals surface area (Å²) in [5.41, 5.74) is 17.1. The van der Waals surface area contributed by atoms with Crippen molar-refractivity contribution in [1.82, 2.24) is 24.8 Å². The van der Waals surface area contributed by atoms with Crippen LogP contribution in [0, 0.1) is 0 Å². The second-order valence-electron chi connectivity index (χ2n) is 5.64. The zero-order valence-corrected chi connectivity index (χ0v) is 13.4. The third-order valence-corrected chi connectivity index (χ3v) is 3.93. The number of aliphatic imine (C=N–C) groups is 1. The maximum Gasteiger partial charge on any atom is 0.185 e. The van der Waals surface area contributed by atoms with Crippen LogP contribution >= 0.6 is 0 Å². The van der Waals surface area contributed by atoms with Crippen molar-refractivity contribution in [3.63, 3.8) is 0 Å². The molecule has 1 aliphatic heterocycles. The first kappa shape index (κ1) is 17.3. The van der Waals surface area contributed by atoms with E-state index in [1.54, 1.807) is 0 Å². The van der Waals surface area contributed by atoms with Crippen LogP contribution in [0.5, 0.6) is 0 Å². The highest BCUT2D eigenvalue weighted by molar-refractivity contribution is 5.81. The van der Waals surface area contributed by atoms with E-state index in [0.29, 0.717) is 30.8 Å². The third-order valence-electron chi connectivity index (χ3n) is 3.93. The van der Waals surface area contributed by atoms with Gasteiger partial charge in [0.25, 0.3) is 0 Å². The first-order chi connectivity index (χ1) is 12.0. The fourth-order valence-electron chi connectivity index (χ4n) is 2.69. The van der Waals surface area contributed by atoms with Crippen molar-refractivity contribution in [2.75, 3.05) is 25.4 Å². The number of rotatable bonds is 6. The molecular weight excluding hydrogens is 330 g/mol. The summed E-state index contributed by atoms with van der Waals surface area (Å²) in [6.45, 7) is 1.22. The summed E-state index contributed by atoms with van der Waals surface area (Å²) in [6.07, 6.45) is -0.911. The van der Waals surface area contributed by atoms with Crippen LogP contribution in [0.2, 0.25) is 0 Å². The normalized spacial score (nSPS) is 26.2. The summed E-state index contributed by atoms with van der Waals surface area (Å²) >= 11 is 0. The highest BCUT2D eigenvalue weighted by Gasteiger charge is 2.44. The molecule has 0 bridgehead atoms. The molecule has 9 N–H and O–H groups in total. The van der Waals surface area contributed by atoms with Crippen molar-refractivity contribution in [2.45, 2.75) is 24.5 Å². The molecule has 0 radical (unpaired) electrons. The highest BCUT2D eigenvalue weighted by atomic mass is 16.6. The van der Waals surface area contributed by atoms with Gasteiger partial charge in [-0.05, 0) is 0 Å². The molecule has 136 valence electrons. The van der Waals surface area contributed by atoms with Gasteiger partial charge in [-0.3, -0.25) is 9.56 Å². The van der Waals surface area contributed by atoms with E-state index >= 15 is 0 Å². The standard InChI is InChI=1S/C13H21N9O3/c14-10-7-11(20-4-19-10)22(5-21-7)12-9(24)8(23)6(25-12)3-17-1-2-18-13(15)16/h4-6,8-9,12,17,23-24H,1-3H2,(H2,14,19,20)(H4,15,16,18)/t6-,8-,9-,12-/m1/s1. The molecule has 1 fully saturated rings. The predicted octanol–water partition coefficient (Wildman–Crippen LogP) is -3.11. The number of ether oxygens (including phenoxy) is 1. The van der Waals surface area contributed by atoms with Crippen LogP contribution in [0.4, 0.5) is 5.82 Å². The minimum absolute atomic E-state index is 0.0164. The number of hydrogen-bond acceptors (Lipinski definition) is 9. The second kappa shape index (κ2) is 7.14. The van der Waals surface area contributed by atoms with E-state index in [1.165, 1.54) is 17.2 Å². The van der Waals surface area contributed by atoms with Crippen molar-refractivity contribution in [2.24, 2.45) is 16.5 Å². The number of nitrogen functional groups attached to an aromatic ring is 1. The Morgan fingerprint density at radius 2 is 2.08 bits per heavy atom. The van der Waals surface area contributed by atoms with Crippen molar-refractivity contribution in [3.05, 3.63) is 12.7 Å². The molecule has 2 aromatic rings. The SMILES string of the molecule is NC(N)=NCCNC[C@H]1O[C@@H](n2cnc3c(N)ncnc32)[C@H](O)[C@@H]1O. The Balaban J connectivity index is 1.67. The van der Waals surface area contributed by atoms with Gasteiger partial charge in [-0.25, -0.2) is 15.0 Å². The number of guanidine groups is 1. The maximum absolute atomic E-state index is 10.3. The Hall–Kier alpha value is -2.54. The molecule has 0 aliphatic carbocycles. The number of hydrogen-bond donors (Lipinski definition) is 6. The van der Waals surface area contributed by atoms with Crippen LogP contribution < -0.4 is 22.5 Å². The molecule has 3 rings (SSSR count). The molecule has 1 saturated heterocycles. The summed E-state index contributed by atoms with van der Waals surface area (Å²) in [4.78, 5) is 16.0. The fraction of sp³-hybridized carbons (Fsp3) is 0.538. The number of anilines is 1. The number of fused-ring (bicyclic) bond motifs is 1. The first-order valence-electron chi connectivity index (χ1n) is 7.69. The lowest BCUT2D eigenvalue weighted by Crippen LogP contribution is -2.38. The van der Waals surface area contributed by atoms with Gasteiger partial charge in [0.15, 0.2) is 23.7 Å². The maximum atomic E-state index is 10.3. The van der Waals surface area contributed by atoms with E-state index in [9.17, 15) is 10.2 Å².